The van der Waals surface area contributed by atoms with E-state index >= 15 is 0 Å². The van der Waals surface area contributed by atoms with Gasteiger partial charge in [-0.2, -0.15) is 0 Å². The van der Waals surface area contributed by atoms with Crippen LogP contribution in [-0.2, 0) is 10.0 Å². The summed E-state index contributed by atoms with van der Waals surface area (Å²) in [7, 11) is -3.77. The van der Waals surface area contributed by atoms with Gasteiger partial charge in [0.05, 0.1) is 11.0 Å². The minimum Gasteiger partial charge on any atom is -0.388 e. The van der Waals surface area contributed by atoms with Crippen LogP contribution in [0.1, 0.15) is 5.56 Å². The molecule has 0 saturated heterocycles. The number of aliphatic hydroxyl groups excluding tert-OH is 1. The van der Waals surface area contributed by atoms with Crippen LogP contribution in [0.2, 0.25) is 0 Å². The summed E-state index contributed by atoms with van der Waals surface area (Å²) in [4.78, 5) is -0.0480. The summed E-state index contributed by atoms with van der Waals surface area (Å²) in [6.45, 7) is -0.164. The molecule has 0 heterocycles. The van der Waals surface area contributed by atoms with Crippen molar-refractivity contribution in [3.05, 3.63) is 72.1 Å². The van der Waals surface area contributed by atoms with Crippen molar-refractivity contribution < 1.29 is 17.9 Å². The highest BCUT2D eigenvalue weighted by Crippen LogP contribution is 2.09. The summed E-state index contributed by atoms with van der Waals surface area (Å²) in [6.07, 6.45) is 2.25. The van der Waals surface area contributed by atoms with E-state index in [9.17, 15) is 17.9 Å². The van der Waals surface area contributed by atoms with Gasteiger partial charge in [0, 0.05) is 6.54 Å². The number of halogens is 1. The summed E-state index contributed by atoms with van der Waals surface area (Å²) in [5.41, 5.74) is 0.906. The van der Waals surface area contributed by atoms with Gasteiger partial charge in [-0.3, -0.25) is 0 Å². The molecule has 0 aliphatic rings. The van der Waals surface area contributed by atoms with Crippen LogP contribution in [0.25, 0.3) is 6.08 Å². The van der Waals surface area contributed by atoms with Gasteiger partial charge in [0.2, 0.25) is 10.0 Å². The van der Waals surface area contributed by atoms with Crippen LogP contribution in [0.4, 0.5) is 4.39 Å². The van der Waals surface area contributed by atoms with Crippen LogP contribution in [0.15, 0.2) is 65.6 Å². The number of hydrogen-bond donors (Lipinski definition) is 2. The molecule has 0 spiro atoms. The molecule has 1 unspecified atom stereocenters. The molecule has 0 fully saturated rings. The van der Waals surface area contributed by atoms with Gasteiger partial charge >= 0.3 is 0 Å². The molecular weight excluding hydrogens is 305 g/mol. The summed E-state index contributed by atoms with van der Waals surface area (Å²) < 4.78 is 39.0. The normalized spacial score (nSPS) is 13.4. The summed E-state index contributed by atoms with van der Waals surface area (Å²) in [6, 6.07) is 13.8. The Morgan fingerprint density at radius 1 is 1.09 bits per heavy atom. The van der Waals surface area contributed by atoms with Gasteiger partial charge in [-0.1, -0.05) is 42.5 Å². The number of aliphatic hydroxyl groups is 1. The van der Waals surface area contributed by atoms with Gasteiger partial charge < -0.3 is 5.11 Å². The van der Waals surface area contributed by atoms with Crippen LogP contribution in [0.3, 0.4) is 0 Å². The van der Waals surface area contributed by atoms with Crippen LogP contribution in [0, 0.1) is 5.82 Å². The van der Waals surface area contributed by atoms with Crippen molar-refractivity contribution in [3.8, 4) is 0 Å². The highest BCUT2D eigenvalue weighted by atomic mass is 32.2. The molecule has 6 heteroatoms. The van der Waals surface area contributed by atoms with E-state index in [1.165, 1.54) is 18.2 Å². The zero-order valence-electron chi connectivity index (χ0n) is 11.7. The zero-order valence-corrected chi connectivity index (χ0v) is 12.5. The van der Waals surface area contributed by atoms with Gasteiger partial charge in [-0.25, -0.2) is 17.5 Å². The van der Waals surface area contributed by atoms with Crippen molar-refractivity contribution in [2.24, 2.45) is 0 Å². The first-order valence-corrected chi connectivity index (χ1v) is 8.12. The molecule has 2 N–H and O–H groups in total. The Morgan fingerprint density at radius 2 is 1.73 bits per heavy atom. The second-order valence-corrected chi connectivity index (χ2v) is 6.41. The van der Waals surface area contributed by atoms with Crippen LogP contribution in [0.5, 0.6) is 0 Å². The quantitative estimate of drug-likeness (QED) is 0.857. The van der Waals surface area contributed by atoms with Gasteiger partial charge in [-0.15, -0.1) is 0 Å². The fourth-order valence-electron chi connectivity index (χ4n) is 1.75. The molecule has 4 nitrogen and oxygen atoms in total. The molecule has 2 aromatic rings. The third-order valence-corrected chi connectivity index (χ3v) is 4.36. The highest BCUT2D eigenvalue weighted by Gasteiger charge is 2.14. The second-order valence-electron chi connectivity index (χ2n) is 4.64. The van der Waals surface area contributed by atoms with E-state index in [-0.39, 0.29) is 11.4 Å². The third-order valence-electron chi connectivity index (χ3n) is 2.92. The first-order chi connectivity index (χ1) is 10.5. The predicted octanol–water partition coefficient (Wildman–Crippen LogP) is 2.18. The topological polar surface area (TPSA) is 66.4 Å². The smallest absolute Gasteiger partial charge is 0.240 e. The Hall–Kier alpha value is -2.02. The van der Waals surface area contributed by atoms with Crippen molar-refractivity contribution in [1.29, 1.82) is 0 Å². The van der Waals surface area contributed by atoms with Gasteiger partial charge in [0.15, 0.2) is 0 Å². The Labute approximate surface area is 129 Å². The lowest BCUT2D eigenvalue weighted by Gasteiger charge is -2.09. The minimum absolute atomic E-state index is 0.0480. The van der Waals surface area contributed by atoms with E-state index in [2.05, 4.69) is 4.72 Å². The molecule has 0 aliphatic heterocycles. The number of nitrogens with one attached hydrogen (secondary N) is 1. The molecule has 0 saturated carbocycles. The van der Waals surface area contributed by atoms with Gasteiger partial charge in [0.1, 0.15) is 5.82 Å². The average Bonchev–Trinajstić information content (AvgIpc) is 2.52. The highest BCUT2D eigenvalue weighted by molar-refractivity contribution is 7.89. The molecule has 0 aromatic heterocycles. The zero-order chi connectivity index (χ0) is 16.0. The van der Waals surface area contributed by atoms with E-state index in [0.29, 0.717) is 0 Å². The predicted molar refractivity (Wildman–Crippen MR) is 83.1 cm³/mol. The molecule has 0 bridgehead atoms. The standard InChI is InChI=1S/C16H16FNO3S/c17-14-7-10-16(11-8-14)22(20,21)18-12-15(19)9-6-13-4-2-1-3-5-13/h1-11,15,18-19H,12H2/b9-6+. The molecule has 22 heavy (non-hydrogen) atoms. The number of hydrogen-bond acceptors (Lipinski definition) is 3. The van der Waals surface area contributed by atoms with E-state index in [1.807, 2.05) is 30.3 Å². The number of sulfonamides is 1. The molecule has 0 aliphatic carbocycles. The molecule has 0 radical (unpaired) electrons. The maximum Gasteiger partial charge on any atom is 0.240 e. The Morgan fingerprint density at radius 3 is 2.36 bits per heavy atom. The largest absolute Gasteiger partial charge is 0.388 e. The van der Waals surface area contributed by atoms with Crippen molar-refractivity contribution in [1.82, 2.24) is 4.72 Å². The first kappa shape index (κ1) is 16.4. The maximum atomic E-state index is 12.8. The van der Waals surface area contributed by atoms with E-state index in [4.69, 9.17) is 0 Å². The molecular formula is C16H16FNO3S. The summed E-state index contributed by atoms with van der Waals surface area (Å²) in [5.74, 6) is -0.509. The summed E-state index contributed by atoms with van der Waals surface area (Å²) in [5, 5.41) is 9.79. The second kappa shape index (κ2) is 7.31. The van der Waals surface area contributed by atoms with Gasteiger partial charge in [0.25, 0.3) is 0 Å². The maximum absolute atomic E-state index is 12.8. The van der Waals surface area contributed by atoms with Crippen molar-refractivity contribution in [3.63, 3.8) is 0 Å². The van der Waals surface area contributed by atoms with Crippen LogP contribution < -0.4 is 4.72 Å². The average molecular weight is 321 g/mol. The van der Waals surface area contributed by atoms with Gasteiger partial charge in [-0.05, 0) is 29.8 Å². The lowest BCUT2D eigenvalue weighted by atomic mass is 10.2. The molecule has 2 aromatic carbocycles. The fraction of sp³-hybridized carbons (Fsp3) is 0.125. The van der Waals surface area contributed by atoms with E-state index in [1.54, 1.807) is 6.08 Å². The molecule has 116 valence electrons. The lowest BCUT2D eigenvalue weighted by Crippen LogP contribution is -2.31. The van der Waals surface area contributed by atoms with Crippen molar-refractivity contribution in [2.45, 2.75) is 11.0 Å². The van der Waals surface area contributed by atoms with Crippen molar-refractivity contribution in [2.75, 3.05) is 6.54 Å². The molecule has 2 rings (SSSR count). The van der Waals surface area contributed by atoms with Crippen molar-refractivity contribution >= 4 is 16.1 Å². The Bertz CT molecular complexity index is 728. The fourth-order valence-corrected chi connectivity index (χ4v) is 2.80. The third kappa shape index (κ3) is 4.77. The van der Waals surface area contributed by atoms with E-state index in [0.717, 1.165) is 17.7 Å². The molecule has 1 atom stereocenters. The lowest BCUT2D eigenvalue weighted by molar-refractivity contribution is 0.227. The molecule has 0 amide bonds. The number of benzene rings is 2. The van der Waals surface area contributed by atoms with E-state index < -0.39 is 21.9 Å². The Kier molecular flexibility index (Phi) is 5.43. The SMILES string of the molecule is O=S(=O)(NCC(O)/C=C/c1ccccc1)c1ccc(F)cc1. The number of rotatable bonds is 6. The summed E-state index contributed by atoms with van der Waals surface area (Å²) >= 11 is 0. The first-order valence-electron chi connectivity index (χ1n) is 6.64. The minimum atomic E-state index is -3.77. The Balaban J connectivity index is 1.94. The monoisotopic (exact) mass is 321 g/mol. The van der Waals surface area contributed by atoms with Crippen LogP contribution in [-0.4, -0.2) is 26.2 Å². The van der Waals surface area contributed by atoms with Crippen LogP contribution >= 0.6 is 0 Å².